The number of rotatable bonds is 29. The average Bonchev–Trinajstić information content (AvgIpc) is 2.82. The lowest BCUT2D eigenvalue weighted by molar-refractivity contribution is 0.513. The second kappa shape index (κ2) is 29.4. The Labute approximate surface area is 237 Å². The van der Waals surface area contributed by atoms with Crippen LogP contribution in [-0.4, -0.2) is 3.79 Å². The van der Waals surface area contributed by atoms with Crippen LogP contribution < -0.4 is 0 Å². The van der Waals surface area contributed by atoms with Crippen LogP contribution in [0.25, 0.3) is 0 Å². The second-order valence-corrected chi connectivity index (χ2v) is 13.8. The lowest BCUT2D eigenvalue weighted by Gasteiger charge is -2.09. The molecule has 0 aliphatic heterocycles. The van der Waals surface area contributed by atoms with E-state index in [0.717, 1.165) is 6.42 Å². The van der Waals surface area contributed by atoms with Gasteiger partial charge in [0, 0.05) is 0 Å². The summed E-state index contributed by atoms with van der Waals surface area (Å²) >= 11 is 17.3. The maximum Gasteiger partial charge on any atom is 0.190 e. The minimum atomic E-state index is -1.05. The fraction of sp³-hybridized carbons (Fsp3) is 1.00. The Morgan fingerprint density at radius 2 is 0.457 bits per heavy atom. The lowest BCUT2D eigenvalue weighted by Crippen LogP contribution is -2.00. The molecule has 0 aliphatic rings. The van der Waals surface area contributed by atoms with Crippen LogP contribution in [0.1, 0.15) is 200 Å². The fourth-order valence-electron chi connectivity index (χ4n) is 5.17. The molecule has 3 heteroatoms. The Balaban J connectivity index is 3.03. The van der Waals surface area contributed by atoms with Crippen LogP contribution in [0.5, 0.6) is 0 Å². The van der Waals surface area contributed by atoms with Crippen LogP contribution in [0.15, 0.2) is 0 Å². The van der Waals surface area contributed by atoms with Crippen LogP contribution in [0.3, 0.4) is 0 Å². The van der Waals surface area contributed by atoms with Gasteiger partial charge in [-0.15, -0.1) is 0 Å². The van der Waals surface area contributed by atoms with Crippen molar-refractivity contribution in [2.24, 2.45) is 0 Å². The van der Waals surface area contributed by atoms with Crippen molar-refractivity contribution in [1.82, 2.24) is 0 Å². The summed E-state index contributed by atoms with van der Waals surface area (Å²) in [5.74, 6) is 0. The van der Waals surface area contributed by atoms with Crippen LogP contribution in [0, 0.1) is 0 Å². The molecule has 0 fully saturated rings. The number of hydrogen-bond acceptors (Lipinski definition) is 0. The summed E-state index contributed by atoms with van der Waals surface area (Å²) in [6.45, 7) is 2.30. The molecule has 0 bridgehead atoms. The van der Waals surface area contributed by atoms with Gasteiger partial charge in [0.1, 0.15) is 0 Å². The van der Waals surface area contributed by atoms with Crippen molar-refractivity contribution < 1.29 is 0 Å². The Hall–Kier alpha value is 0.870. The molecule has 0 saturated heterocycles. The van der Waals surface area contributed by atoms with E-state index < -0.39 is 3.79 Å². The highest BCUT2D eigenvalue weighted by Gasteiger charge is 2.17. The Kier molecular flexibility index (Phi) is 30.2. The summed E-state index contributed by atoms with van der Waals surface area (Å²) in [4.78, 5) is 0. The van der Waals surface area contributed by atoms with E-state index in [1.54, 1.807) is 0 Å². The molecule has 0 saturated carbocycles. The standard InChI is InChI=1S/C32H63Cl3/c1-2-3-4-5-6-7-8-9-10-11-12-13-14-15-16-17-18-19-20-21-22-23-24-25-26-27-28-29-30-31-32(33,34)35/h2-31H2,1H3. The largest absolute Gasteiger partial charge is 0.190 e. The van der Waals surface area contributed by atoms with Crippen LogP contribution in [0.2, 0.25) is 0 Å². The number of alkyl halides is 3. The van der Waals surface area contributed by atoms with Crippen molar-refractivity contribution in [3.05, 3.63) is 0 Å². The number of unbranched alkanes of at least 4 members (excludes halogenated alkanes) is 28. The van der Waals surface area contributed by atoms with Gasteiger partial charge in [0.05, 0.1) is 0 Å². The topological polar surface area (TPSA) is 0 Å². The van der Waals surface area contributed by atoms with E-state index in [1.165, 1.54) is 180 Å². The predicted molar refractivity (Wildman–Crippen MR) is 164 cm³/mol. The van der Waals surface area contributed by atoms with Crippen molar-refractivity contribution in [3.8, 4) is 0 Å². The fourth-order valence-corrected chi connectivity index (χ4v) is 5.57. The molecule has 0 N–H and O–H groups in total. The van der Waals surface area contributed by atoms with Gasteiger partial charge in [-0.25, -0.2) is 0 Å². The van der Waals surface area contributed by atoms with Gasteiger partial charge in [0.25, 0.3) is 0 Å². The van der Waals surface area contributed by atoms with Crippen molar-refractivity contribution >= 4 is 34.8 Å². The van der Waals surface area contributed by atoms with Crippen LogP contribution in [0.4, 0.5) is 0 Å². The van der Waals surface area contributed by atoms with E-state index >= 15 is 0 Å². The predicted octanol–water partition coefficient (Wildman–Crippen LogP) is 14.1. The smallest absolute Gasteiger partial charge is 0.0837 e. The highest BCUT2D eigenvalue weighted by Crippen LogP contribution is 2.32. The summed E-state index contributed by atoms with van der Waals surface area (Å²) < 4.78 is -1.05. The van der Waals surface area contributed by atoms with E-state index in [1.807, 2.05) is 0 Å². The summed E-state index contributed by atoms with van der Waals surface area (Å²) in [7, 11) is 0. The maximum atomic E-state index is 5.78. The third-order valence-corrected chi connectivity index (χ3v) is 8.13. The molecule has 0 aliphatic carbocycles. The van der Waals surface area contributed by atoms with E-state index in [9.17, 15) is 0 Å². The first-order valence-electron chi connectivity index (χ1n) is 16.1. The maximum absolute atomic E-state index is 5.78. The molecule has 0 heterocycles. The van der Waals surface area contributed by atoms with Gasteiger partial charge in [-0.05, 0) is 12.8 Å². The third-order valence-electron chi connectivity index (χ3n) is 7.56. The van der Waals surface area contributed by atoms with E-state index in [2.05, 4.69) is 6.92 Å². The van der Waals surface area contributed by atoms with E-state index in [-0.39, 0.29) is 0 Å². The first-order chi connectivity index (χ1) is 17.1. The van der Waals surface area contributed by atoms with Gasteiger partial charge >= 0.3 is 0 Å². The molecule has 0 aromatic carbocycles. The zero-order valence-corrected chi connectivity index (χ0v) is 26.1. The zero-order valence-electron chi connectivity index (χ0n) is 23.8. The number of hydrogen-bond donors (Lipinski definition) is 0. The molecule has 0 unspecified atom stereocenters. The van der Waals surface area contributed by atoms with Gasteiger partial charge in [-0.2, -0.15) is 0 Å². The van der Waals surface area contributed by atoms with Crippen molar-refractivity contribution in [1.29, 1.82) is 0 Å². The Bertz CT molecular complexity index is 377. The van der Waals surface area contributed by atoms with Crippen molar-refractivity contribution in [3.63, 3.8) is 0 Å². The van der Waals surface area contributed by atoms with E-state index in [4.69, 9.17) is 34.8 Å². The molecule has 0 spiro atoms. The second-order valence-electron chi connectivity index (χ2n) is 11.3. The SMILES string of the molecule is CCCCCCCCCCCCCCCCCCCCCCCCCCCCCCCC(Cl)(Cl)Cl. The van der Waals surface area contributed by atoms with Crippen molar-refractivity contribution in [2.75, 3.05) is 0 Å². The molecule has 0 aromatic rings. The molecule has 35 heavy (non-hydrogen) atoms. The quantitative estimate of drug-likeness (QED) is 0.0638. The molecule has 0 radical (unpaired) electrons. The van der Waals surface area contributed by atoms with Crippen LogP contribution in [-0.2, 0) is 0 Å². The minimum absolute atomic E-state index is 0.692. The summed E-state index contributed by atoms with van der Waals surface area (Å²) in [5, 5.41) is 0. The minimum Gasteiger partial charge on any atom is -0.0837 e. The highest BCUT2D eigenvalue weighted by atomic mass is 35.6. The summed E-state index contributed by atoms with van der Waals surface area (Å²) in [6, 6.07) is 0. The van der Waals surface area contributed by atoms with Gasteiger partial charge < -0.3 is 0 Å². The molecule has 0 rings (SSSR count). The van der Waals surface area contributed by atoms with E-state index in [0.29, 0.717) is 6.42 Å². The highest BCUT2D eigenvalue weighted by molar-refractivity contribution is 6.67. The van der Waals surface area contributed by atoms with Gasteiger partial charge in [0.2, 0.25) is 0 Å². The molecule has 0 atom stereocenters. The normalized spacial score (nSPS) is 12.0. The Morgan fingerprint density at radius 1 is 0.286 bits per heavy atom. The molecular formula is C32H63Cl3. The molecule has 212 valence electrons. The summed E-state index contributed by atoms with van der Waals surface area (Å²) in [6.07, 6.45) is 42.0. The lowest BCUT2D eigenvalue weighted by atomic mass is 10.0. The monoisotopic (exact) mass is 552 g/mol. The molecular weight excluding hydrogens is 491 g/mol. The van der Waals surface area contributed by atoms with Crippen molar-refractivity contribution in [2.45, 2.75) is 203 Å². The van der Waals surface area contributed by atoms with Gasteiger partial charge in [0.15, 0.2) is 3.79 Å². The van der Waals surface area contributed by atoms with Gasteiger partial charge in [-0.1, -0.05) is 222 Å². The number of halogens is 3. The van der Waals surface area contributed by atoms with Crippen LogP contribution >= 0.6 is 34.8 Å². The molecule has 0 aromatic heterocycles. The average molecular weight is 554 g/mol. The first-order valence-corrected chi connectivity index (χ1v) is 17.3. The third kappa shape index (κ3) is 34.9. The Morgan fingerprint density at radius 3 is 0.629 bits per heavy atom. The molecule has 0 amide bonds. The van der Waals surface area contributed by atoms with Gasteiger partial charge in [-0.3, -0.25) is 0 Å². The first kappa shape index (κ1) is 35.9. The zero-order chi connectivity index (χ0) is 25.7. The summed E-state index contributed by atoms with van der Waals surface area (Å²) in [5.41, 5.74) is 0. The molecule has 0 nitrogen and oxygen atoms in total.